The van der Waals surface area contributed by atoms with Gasteiger partial charge >= 0.3 is 6.18 Å². The second kappa shape index (κ2) is 12.5. The van der Waals surface area contributed by atoms with Crippen molar-refractivity contribution in [1.29, 1.82) is 0 Å². The van der Waals surface area contributed by atoms with Crippen LogP contribution in [0.3, 0.4) is 0 Å². The molecule has 0 saturated carbocycles. The maximum Gasteiger partial charge on any atom is 0.389 e. The van der Waals surface area contributed by atoms with Gasteiger partial charge in [0.05, 0.1) is 10.9 Å². The molecule has 0 aliphatic rings. The molecular weight excluding hydrogens is 469 g/mol. The van der Waals surface area contributed by atoms with Gasteiger partial charge in [0.25, 0.3) is 5.56 Å². The molecule has 0 aliphatic carbocycles. The minimum atomic E-state index is -4.07. The number of nitrogens with zero attached hydrogens (tertiary/aromatic N) is 1. The third kappa shape index (κ3) is 10.1. The molecule has 0 amide bonds. The summed E-state index contributed by atoms with van der Waals surface area (Å²) >= 11 is 0. The van der Waals surface area contributed by atoms with Crippen molar-refractivity contribution in [3.63, 3.8) is 0 Å². The molecule has 3 rings (SSSR count). The number of rotatable bonds is 8. The third-order valence-corrected chi connectivity index (χ3v) is 5.51. The van der Waals surface area contributed by atoms with Gasteiger partial charge in [0.2, 0.25) is 0 Å². The van der Waals surface area contributed by atoms with E-state index < -0.39 is 12.6 Å². The predicted molar refractivity (Wildman–Crippen MR) is 140 cm³/mol. The largest absolute Gasteiger partial charge is 0.492 e. The lowest BCUT2D eigenvalue weighted by molar-refractivity contribution is -0.136. The van der Waals surface area contributed by atoms with E-state index in [4.69, 9.17) is 16.2 Å². The van der Waals surface area contributed by atoms with Crippen molar-refractivity contribution in [3.05, 3.63) is 47.0 Å². The molecule has 0 saturated heterocycles. The molecule has 0 aliphatic heterocycles. The summed E-state index contributed by atoms with van der Waals surface area (Å²) in [6.45, 7) is 10.7. The minimum Gasteiger partial charge on any atom is -0.492 e. The minimum absolute atomic E-state index is 0.00498. The van der Waals surface area contributed by atoms with Crippen LogP contribution in [0.5, 0.6) is 5.75 Å². The van der Waals surface area contributed by atoms with Crippen LogP contribution in [-0.2, 0) is 0 Å². The number of aromatic nitrogens is 2. The fourth-order valence-corrected chi connectivity index (χ4v) is 4.07. The Kier molecular flexibility index (Phi) is 10.3. The van der Waals surface area contributed by atoms with Crippen LogP contribution in [0, 0.1) is 11.3 Å². The standard InChI is InChI=1S/C18H21N3O2.C9H18F3N/c1-11(2)7-12(19)10-23-13-3-4-15-14-5-6-20-9-16(14)18(22)21-17(15)8-13;1-8(2,3)6-7(13)4-5-9(10,11)12/h3-6,8-9,11-12H,7,10,19H2,1-2H3,(H,21,22);7H,4-6,13H2,1-3H3/t12-;/m0./s1. The monoisotopic (exact) mass is 508 g/mol. The van der Waals surface area contributed by atoms with Crippen molar-refractivity contribution in [3.8, 4) is 5.75 Å². The van der Waals surface area contributed by atoms with Gasteiger partial charge in [0.15, 0.2) is 0 Å². The summed E-state index contributed by atoms with van der Waals surface area (Å²) < 4.78 is 41.1. The summed E-state index contributed by atoms with van der Waals surface area (Å²) in [5.41, 5.74) is 12.2. The van der Waals surface area contributed by atoms with Crippen LogP contribution in [0.2, 0.25) is 0 Å². The number of halogens is 3. The molecule has 0 fully saturated rings. The second-order valence-electron chi connectivity index (χ2n) is 11.0. The number of hydrogen-bond donors (Lipinski definition) is 3. The maximum atomic E-state index is 12.1. The zero-order valence-corrected chi connectivity index (χ0v) is 21.8. The summed E-state index contributed by atoms with van der Waals surface area (Å²) in [5.74, 6) is 1.25. The molecule has 2 aromatic heterocycles. The first kappa shape index (κ1) is 29.6. The van der Waals surface area contributed by atoms with Crippen LogP contribution in [-0.4, -0.2) is 34.8 Å². The Balaban J connectivity index is 0.000000302. The molecule has 36 heavy (non-hydrogen) atoms. The number of fused-ring (bicyclic) bond motifs is 3. The van der Waals surface area contributed by atoms with Gasteiger partial charge in [-0.2, -0.15) is 13.2 Å². The first-order chi connectivity index (χ1) is 16.6. The van der Waals surface area contributed by atoms with Gasteiger partial charge in [-0.1, -0.05) is 34.6 Å². The molecule has 1 unspecified atom stereocenters. The highest BCUT2D eigenvalue weighted by molar-refractivity contribution is 6.05. The van der Waals surface area contributed by atoms with Gasteiger partial charge in [0, 0.05) is 42.4 Å². The molecule has 2 heterocycles. The molecule has 9 heteroatoms. The van der Waals surface area contributed by atoms with Crippen LogP contribution >= 0.6 is 0 Å². The first-order valence-electron chi connectivity index (χ1n) is 12.2. The third-order valence-electron chi connectivity index (χ3n) is 5.51. The Labute approximate surface area is 210 Å². The van der Waals surface area contributed by atoms with E-state index in [0.29, 0.717) is 30.1 Å². The summed E-state index contributed by atoms with van der Waals surface area (Å²) in [5, 5.41) is 2.45. The van der Waals surface area contributed by atoms with E-state index in [9.17, 15) is 18.0 Å². The Morgan fingerprint density at radius 1 is 1.03 bits per heavy atom. The summed E-state index contributed by atoms with van der Waals surface area (Å²) in [7, 11) is 0. The Morgan fingerprint density at radius 3 is 2.33 bits per heavy atom. The number of aromatic amines is 1. The van der Waals surface area contributed by atoms with E-state index in [-0.39, 0.29) is 29.5 Å². The van der Waals surface area contributed by atoms with E-state index in [1.807, 2.05) is 45.0 Å². The second-order valence-corrected chi connectivity index (χ2v) is 11.0. The summed E-state index contributed by atoms with van der Waals surface area (Å²) in [6.07, 6.45) is 0.00512. The van der Waals surface area contributed by atoms with Gasteiger partial charge in [-0.25, -0.2) is 0 Å². The smallest absolute Gasteiger partial charge is 0.389 e. The number of ether oxygens (including phenoxy) is 1. The zero-order valence-electron chi connectivity index (χ0n) is 21.8. The van der Waals surface area contributed by atoms with Crippen LogP contribution in [0.25, 0.3) is 21.7 Å². The first-order valence-corrected chi connectivity index (χ1v) is 12.2. The van der Waals surface area contributed by atoms with Gasteiger partial charge in [-0.15, -0.1) is 0 Å². The number of benzene rings is 1. The Bertz CT molecular complexity index is 1170. The van der Waals surface area contributed by atoms with E-state index in [1.54, 1.807) is 12.4 Å². The van der Waals surface area contributed by atoms with Gasteiger partial charge < -0.3 is 21.2 Å². The molecular formula is C27H39F3N4O2. The number of H-pyrrole nitrogens is 1. The molecule has 6 nitrogen and oxygen atoms in total. The summed E-state index contributed by atoms with van der Waals surface area (Å²) in [4.78, 5) is 19.0. The Morgan fingerprint density at radius 2 is 1.72 bits per heavy atom. The van der Waals surface area contributed by atoms with Crippen molar-refractivity contribution in [2.24, 2.45) is 22.8 Å². The molecule has 1 aromatic carbocycles. The normalized spacial score (nSPS) is 14.0. The van der Waals surface area contributed by atoms with Gasteiger partial charge in [-0.3, -0.25) is 9.78 Å². The van der Waals surface area contributed by atoms with Crippen LogP contribution in [0.15, 0.2) is 41.5 Å². The number of alkyl halides is 3. The molecule has 0 radical (unpaired) electrons. The van der Waals surface area contributed by atoms with Crippen LogP contribution < -0.4 is 21.8 Å². The van der Waals surface area contributed by atoms with Crippen molar-refractivity contribution >= 4 is 21.7 Å². The number of nitrogens with two attached hydrogens (primary N) is 2. The van der Waals surface area contributed by atoms with E-state index in [2.05, 4.69) is 23.8 Å². The van der Waals surface area contributed by atoms with Crippen molar-refractivity contribution in [2.75, 3.05) is 6.61 Å². The number of pyridine rings is 2. The number of hydrogen-bond acceptors (Lipinski definition) is 5. The summed E-state index contributed by atoms with van der Waals surface area (Å²) in [6, 6.07) is 7.22. The average molecular weight is 509 g/mol. The quantitative estimate of drug-likeness (QED) is 0.327. The van der Waals surface area contributed by atoms with Crippen molar-refractivity contribution < 1.29 is 17.9 Å². The molecule has 0 bridgehead atoms. The predicted octanol–water partition coefficient (Wildman–Crippen LogP) is 5.92. The lowest BCUT2D eigenvalue weighted by Crippen LogP contribution is -2.29. The fraction of sp³-hybridized carbons (Fsp3) is 0.556. The molecule has 2 atom stereocenters. The van der Waals surface area contributed by atoms with E-state index in [1.165, 1.54) is 0 Å². The zero-order chi connectivity index (χ0) is 27.1. The molecule has 3 aromatic rings. The highest BCUT2D eigenvalue weighted by atomic mass is 19.4. The van der Waals surface area contributed by atoms with Gasteiger partial charge in [-0.05, 0) is 54.2 Å². The van der Waals surface area contributed by atoms with Crippen molar-refractivity contribution in [2.45, 2.75) is 78.6 Å². The van der Waals surface area contributed by atoms with Crippen molar-refractivity contribution in [1.82, 2.24) is 9.97 Å². The lowest BCUT2D eigenvalue weighted by Gasteiger charge is -2.23. The van der Waals surface area contributed by atoms with Gasteiger partial charge in [0.1, 0.15) is 12.4 Å². The fourth-order valence-electron chi connectivity index (χ4n) is 4.07. The Hall–Kier alpha value is -2.65. The highest BCUT2D eigenvalue weighted by Gasteiger charge is 2.28. The van der Waals surface area contributed by atoms with Crippen LogP contribution in [0.4, 0.5) is 13.2 Å². The van der Waals surface area contributed by atoms with Crippen LogP contribution in [0.1, 0.15) is 60.3 Å². The molecule has 200 valence electrons. The number of nitrogens with one attached hydrogen (secondary N) is 1. The topological polar surface area (TPSA) is 107 Å². The SMILES string of the molecule is CC(C)(C)CC(N)CCC(F)(F)F.CC(C)C[C@H](N)COc1ccc2c(c1)[nH]c(=O)c1cnccc12. The lowest BCUT2D eigenvalue weighted by atomic mass is 9.87. The van der Waals surface area contributed by atoms with E-state index in [0.717, 1.165) is 22.7 Å². The molecule has 5 N–H and O–H groups in total. The molecule has 0 spiro atoms. The highest BCUT2D eigenvalue weighted by Crippen LogP contribution is 2.27. The average Bonchev–Trinajstić information content (AvgIpc) is 2.75. The maximum absolute atomic E-state index is 12.1. The van der Waals surface area contributed by atoms with E-state index >= 15 is 0 Å².